The molecule has 0 aromatic carbocycles. The van der Waals surface area contributed by atoms with Gasteiger partial charge in [0.15, 0.2) is 0 Å². The van der Waals surface area contributed by atoms with E-state index < -0.39 is 5.97 Å². The standard InChI is InChI=1S/C15H17NO3S3/c1-10-6-8-21-11(10)9-12-14(19)16(15(20)22-12)7-4-2-3-5-13(17)18/h6,8-9H,2-5,7H2,1H3,(H,17,18)/p-1/b12-9+. The van der Waals surface area contributed by atoms with Crippen molar-refractivity contribution in [3.63, 3.8) is 0 Å². The molecule has 4 nitrogen and oxygen atoms in total. The lowest BCUT2D eigenvalue weighted by Gasteiger charge is -2.14. The lowest BCUT2D eigenvalue weighted by Crippen LogP contribution is -2.29. The zero-order valence-electron chi connectivity index (χ0n) is 12.2. The lowest BCUT2D eigenvalue weighted by molar-refractivity contribution is -0.305. The van der Waals surface area contributed by atoms with Gasteiger partial charge in [-0.25, -0.2) is 0 Å². The first kappa shape index (κ1) is 17.2. The molecule has 118 valence electrons. The highest BCUT2D eigenvalue weighted by molar-refractivity contribution is 8.26. The van der Waals surface area contributed by atoms with Gasteiger partial charge >= 0.3 is 0 Å². The molecule has 2 rings (SSSR count). The van der Waals surface area contributed by atoms with Crippen molar-refractivity contribution in [1.29, 1.82) is 0 Å². The molecule has 0 saturated carbocycles. The molecular formula is C15H16NO3S3-. The smallest absolute Gasteiger partial charge is 0.266 e. The quantitative estimate of drug-likeness (QED) is 0.428. The maximum atomic E-state index is 12.4. The molecule has 1 aromatic heterocycles. The van der Waals surface area contributed by atoms with Crippen molar-refractivity contribution in [1.82, 2.24) is 4.90 Å². The fourth-order valence-electron chi connectivity index (χ4n) is 2.06. The predicted octanol–water partition coefficient (Wildman–Crippen LogP) is 2.57. The van der Waals surface area contributed by atoms with Crippen LogP contribution in [0.4, 0.5) is 0 Å². The van der Waals surface area contributed by atoms with Gasteiger partial charge < -0.3 is 9.90 Å². The van der Waals surface area contributed by atoms with Crippen molar-refractivity contribution in [3.8, 4) is 0 Å². The molecule has 1 amide bonds. The highest BCUT2D eigenvalue weighted by atomic mass is 32.2. The Hall–Kier alpha value is -1.18. The van der Waals surface area contributed by atoms with Gasteiger partial charge in [0.05, 0.1) is 4.91 Å². The van der Waals surface area contributed by atoms with Gasteiger partial charge in [0.1, 0.15) is 4.32 Å². The fraction of sp³-hybridized carbons (Fsp3) is 0.400. The Kier molecular flexibility index (Phi) is 6.16. The number of carbonyl (C=O) groups excluding carboxylic acids is 2. The van der Waals surface area contributed by atoms with Gasteiger partial charge in [0.25, 0.3) is 5.91 Å². The molecule has 0 bridgehead atoms. The van der Waals surface area contributed by atoms with Gasteiger partial charge in [-0.1, -0.05) is 30.4 Å². The minimum atomic E-state index is -1.03. The van der Waals surface area contributed by atoms with Crippen LogP contribution in [0.5, 0.6) is 0 Å². The number of rotatable bonds is 7. The number of hydrogen-bond acceptors (Lipinski definition) is 6. The van der Waals surface area contributed by atoms with Crippen molar-refractivity contribution in [2.75, 3.05) is 6.54 Å². The molecular weight excluding hydrogens is 338 g/mol. The predicted molar refractivity (Wildman–Crippen MR) is 92.4 cm³/mol. The van der Waals surface area contributed by atoms with Gasteiger partial charge in [-0.2, -0.15) is 0 Å². The zero-order valence-corrected chi connectivity index (χ0v) is 14.6. The number of thiophene rings is 1. The summed E-state index contributed by atoms with van der Waals surface area (Å²) in [6.07, 6.45) is 4.02. The minimum Gasteiger partial charge on any atom is -0.550 e. The molecule has 0 aliphatic carbocycles. The SMILES string of the molecule is Cc1ccsc1/C=C1/SC(=S)N(CCCCCC(=O)[O-])C1=O. The number of nitrogens with zero attached hydrogens (tertiary/aromatic N) is 1. The van der Waals surface area contributed by atoms with E-state index in [0.717, 1.165) is 23.3 Å². The Labute approximate surface area is 143 Å². The lowest BCUT2D eigenvalue weighted by atomic mass is 10.2. The summed E-state index contributed by atoms with van der Waals surface area (Å²) in [5.41, 5.74) is 1.15. The van der Waals surface area contributed by atoms with Gasteiger partial charge in [-0.3, -0.25) is 9.69 Å². The van der Waals surface area contributed by atoms with Crippen LogP contribution in [0.1, 0.15) is 36.1 Å². The van der Waals surface area contributed by atoms with E-state index in [0.29, 0.717) is 22.2 Å². The third-order valence-electron chi connectivity index (χ3n) is 3.30. The third-order valence-corrected chi connectivity index (χ3v) is 5.64. The van der Waals surface area contributed by atoms with Gasteiger partial charge in [-0.15, -0.1) is 11.3 Å². The first-order valence-electron chi connectivity index (χ1n) is 6.98. The maximum Gasteiger partial charge on any atom is 0.266 e. The van der Waals surface area contributed by atoms with Crippen molar-refractivity contribution in [2.45, 2.75) is 32.6 Å². The van der Waals surface area contributed by atoms with Crippen LogP contribution >= 0.6 is 35.3 Å². The van der Waals surface area contributed by atoms with Crippen LogP contribution in [0, 0.1) is 6.92 Å². The van der Waals surface area contributed by atoms with Crippen LogP contribution in [0.2, 0.25) is 0 Å². The molecule has 0 unspecified atom stereocenters. The number of carboxylic acid groups (broad SMARTS) is 1. The highest BCUT2D eigenvalue weighted by Crippen LogP contribution is 2.34. The molecule has 2 heterocycles. The number of aryl methyl sites for hydroxylation is 1. The summed E-state index contributed by atoms with van der Waals surface area (Å²) in [7, 11) is 0. The fourth-order valence-corrected chi connectivity index (χ4v) is 4.28. The summed E-state index contributed by atoms with van der Waals surface area (Å²) in [5, 5.41) is 12.3. The minimum absolute atomic E-state index is 0.0531. The largest absolute Gasteiger partial charge is 0.550 e. The summed E-state index contributed by atoms with van der Waals surface area (Å²) in [5.74, 6) is -1.08. The Morgan fingerprint density at radius 3 is 2.82 bits per heavy atom. The average Bonchev–Trinajstić information content (AvgIpc) is 2.96. The zero-order chi connectivity index (χ0) is 16.1. The molecule has 0 N–H and O–H groups in total. The van der Waals surface area contributed by atoms with Crippen LogP contribution in [0.3, 0.4) is 0 Å². The Balaban J connectivity index is 1.90. The number of amides is 1. The van der Waals surface area contributed by atoms with E-state index >= 15 is 0 Å². The molecule has 1 aliphatic rings. The van der Waals surface area contributed by atoms with Crippen LogP contribution in [-0.2, 0) is 9.59 Å². The second kappa shape index (κ2) is 7.89. The number of carbonyl (C=O) groups is 2. The summed E-state index contributed by atoms with van der Waals surface area (Å²) in [6.45, 7) is 2.55. The van der Waals surface area contributed by atoms with Crippen molar-refractivity contribution >= 4 is 57.6 Å². The molecule has 1 fully saturated rings. The average molecular weight is 354 g/mol. The summed E-state index contributed by atoms with van der Waals surface area (Å²) in [4.78, 5) is 26.1. The number of aliphatic carboxylic acids is 1. The highest BCUT2D eigenvalue weighted by Gasteiger charge is 2.31. The molecule has 1 saturated heterocycles. The van der Waals surface area contributed by atoms with Crippen LogP contribution < -0.4 is 5.11 Å². The molecule has 0 radical (unpaired) electrons. The summed E-state index contributed by atoms with van der Waals surface area (Å²) < 4.78 is 0.574. The van der Waals surface area contributed by atoms with Crippen molar-refractivity contribution < 1.29 is 14.7 Å². The second-order valence-corrected chi connectivity index (χ2v) is 7.61. The normalized spacial score (nSPS) is 16.8. The summed E-state index contributed by atoms with van der Waals surface area (Å²) in [6, 6.07) is 2.02. The van der Waals surface area contributed by atoms with Crippen molar-refractivity contribution in [2.24, 2.45) is 0 Å². The van der Waals surface area contributed by atoms with E-state index in [1.807, 2.05) is 24.4 Å². The van der Waals surface area contributed by atoms with Crippen LogP contribution in [-0.4, -0.2) is 27.6 Å². The van der Waals surface area contributed by atoms with E-state index in [2.05, 4.69) is 0 Å². The number of unbranched alkanes of at least 4 members (excludes halogenated alkanes) is 2. The van der Waals surface area contributed by atoms with Crippen molar-refractivity contribution in [3.05, 3.63) is 26.8 Å². The van der Waals surface area contributed by atoms with Crippen LogP contribution in [0.25, 0.3) is 6.08 Å². The third kappa shape index (κ3) is 4.41. The van der Waals surface area contributed by atoms with Gasteiger partial charge in [-0.05, 0) is 49.3 Å². The molecule has 22 heavy (non-hydrogen) atoms. The molecule has 1 aliphatic heterocycles. The van der Waals surface area contributed by atoms with E-state index in [9.17, 15) is 14.7 Å². The molecule has 0 atom stereocenters. The van der Waals surface area contributed by atoms with E-state index in [1.165, 1.54) is 11.8 Å². The number of carboxylic acids is 1. The molecule has 1 aromatic rings. The van der Waals surface area contributed by atoms with E-state index in [1.54, 1.807) is 16.2 Å². The number of thiocarbonyl (C=S) groups is 1. The van der Waals surface area contributed by atoms with Gasteiger partial charge in [0, 0.05) is 17.4 Å². The monoisotopic (exact) mass is 354 g/mol. The van der Waals surface area contributed by atoms with E-state index in [-0.39, 0.29) is 12.3 Å². The Morgan fingerprint density at radius 2 is 2.18 bits per heavy atom. The number of hydrogen-bond donors (Lipinski definition) is 0. The summed E-state index contributed by atoms with van der Waals surface area (Å²) >= 11 is 8.20. The topological polar surface area (TPSA) is 60.4 Å². The first-order valence-corrected chi connectivity index (χ1v) is 9.09. The second-order valence-electron chi connectivity index (χ2n) is 4.98. The van der Waals surface area contributed by atoms with Crippen LogP contribution in [0.15, 0.2) is 16.4 Å². The Bertz CT molecular complexity index is 621. The van der Waals surface area contributed by atoms with E-state index in [4.69, 9.17) is 12.2 Å². The maximum absolute atomic E-state index is 12.4. The molecule has 7 heteroatoms. The molecule has 0 spiro atoms. The first-order chi connectivity index (χ1) is 10.5. The number of thioether (sulfide) groups is 1. The Morgan fingerprint density at radius 1 is 1.41 bits per heavy atom. The van der Waals surface area contributed by atoms with Gasteiger partial charge in [0.2, 0.25) is 0 Å².